The van der Waals surface area contributed by atoms with Crippen molar-refractivity contribution in [3.05, 3.63) is 41.7 Å². The second-order valence-corrected chi connectivity index (χ2v) is 7.73. The van der Waals surface area contributed by atoms with Gasteiger partial charge >= 0.3 is 0 Å². The first kappa shape index (κ1) is 16.1. The number of carbonyl (C=O) groups excluding carboxylic acids is 1. The molecule has 2 fully saturated rings. The molecular formula is C21H25N3O2. The number of hydrogen-bond acceptors (Lipinski definition) is 3. The minimum Gasteiger partial charge on any atom is -0.371 e. The zero-order valence-electron chi connectivity index (χ0n) is 15.1. The first-order chi connectivity index (χ1) is 12.8. The van der Waals surface area contributed by atoms with Crippen LogP contribution >= 0.6 is 0 Å². The van der Waals surface area contributed by atoms with Crippen LogP contribution in [0.15, 0.2) is 30.3 Å². The molecule has 136 valence electrons. The van der Waals surface area contributed by atoms with E-state index in [1.54, 1.807) is 0 Å². The second kappa shape index (κ2) is 6.54. The summed E-state index contributed by atoms with van der Waals surface area (Å²) in [5.74, 6) is 1.04. The molecule has 1 aromatic carbocycles. The number of benzene rings is 1. The Morgan fingerprint density at radius 2 is 1.81 bits per heavy atom. The SMILES string of the molecule is O=C(c1nc(-c2ccccc2)n2c1CCCCC2)N1CC2CCC(C1)O2. The first-order valence-corrected chi connectivity index (χ1v) is 9.89. The molecule has 2 atom stereocenters. The Labute approximate surface area is 154 Å². The Balaban J connectivity index is 1.54. The molecule has 2 bridgehead atoms. The molecule has 5 nitrogen and oxygen atoms in total. The van der Waals surface area contributed by atoms with Crippen LogP contribution in [0.2, 0.25) is 0 Å². The highest BCUT2D eigenvalue weighted by molar-refractivity contribution is 5.94. The number of likely N-dealkylation sites (tertiary alicyclic amines) is 1. The molecule has 5 rings (SSSR count). The predicted octanol–water partition coefficient (Wildman–Crippen LogP) is 3.28. The standard InChI is InChI=1S/C21H25N3O2/c25-21(23-13-16-10-11-17(14-23)26-16)19-18-9-5-2-6-12-24(18)20(22-19)15-7-3-1-4-8-15/h1,3-4,7-8,16-17H,2,5-6,9-14H2. The fourth-order valence-electron chi connectivity index (χ4n) is 4.63. The number of morpholine rings is 1. The van der Waals surface area contributed by atoms with Gasteiger partial charge in [-0.05, 0) is 32.1 Å². The van der Waals surface area contributed by atoms with Gasteiger partial charge in [0, 0.05) is 25.2 Å². The summed E-state index contributed by atoms with van der Waals surface area (Å²) in [5, 5.41) is 0. The fraction of sp³-hybridized carbons (Fsp3) is 0.524. The number of ether oxygens (including phenoxy) is 1. The van der Waals surface area contributed by atoms with E-state index in [0.717, 1.165) is 55.7 Å². The van der Waals surface area contributed by atoms with Crippen molar-refractivity contribution < 1.29 is 9.53 Å². The Morgan fingerprint density at radius 1 is 1.04 bits per heavy atom. The van der Waals surface area contributed by atoms with E-state index < -0.39 is 0 Å². The van der Waals surface area contributed by atoms with E-state index in [9.17, 15) is 4.79 Å². The van der Waals surface area contributed by atoms with Crippen LogP contribution in [0.25, 0.3) is 11.4 Å². The third-order valence-corrected chi connectivity index (χ3v) is 5.93. The van der Waals surface area contributed by atoms with Gasteiger partial charge in [-0.3, -0.25) is 4.79 Å². The van der Waals surface area contributed by atoms with Crippen LogP contribution in [0.5, 0.6) is 0 Å². The largest absolute Gasteiger partial charge is 0.371 e. The summed E-state index contributed by atoms with van der Waals surface area (Å²) >= 11 is 0. The van der Waals surface area contributed by atoms with Gasteiger partial charge in [0.05, 0.1) is 17.9 Å². The van der Waals surface area contributed by atoms with E-state index in [-0.39, 0.29) is 18.1 Å². The minimum absolute atomic E-state index is 0.0954. The molecule has 26 heavy (non-hydrogen) atoms. The summed E-state index contributed by atoms with van der Waals surface area (Å²) in [6.07, 6.45) is 7.02. The number of rotatable bonds is 2. The molecule has 1 amide bonds. The lowest BCUT2D eigenvalue weighted by atomic mass is 10.1. The summed E-state index contributed by atoms with van der Waals surface area (Å²) in [6.45, 7) is 2.37. The average Bonchev–Trinajstić information content (AvgIpc) is 3.10. The molecular weight excluding hydrogens is 326 g/mol. The molecule has 3 aliphatic heterocycles. The number of aromatic nitrogens is 2. The van der Waals surface area contributed by atoms with Crippen molar-refractivity contribution >= 4 is 5.91 Å². The van der Waals surface area contributed by atoms with Gasteiger partial charge in [-0.2, -0.15) is 0 Å². The molecule has 0 radical (unpaired) electrons. The van der Waals surface area contributed by atoms with Crippen LogP contribution in [-0.4, -0.2) is 45.7 Å². The maximum absolute atomic E-state index is 13.3. The Bertz CT molecular complexity index is 802. The third kappa shape index (κ3) is 2.75. The first-order valence-electron chi connectivity index (χ1n) is 9.89. The quantitative estimate of drug-likeness (QED) is 0.834. The van der Waals surface area contributed by atoms with Gasteiger partial charge in [-0.15, -0.1) is 0 Å². The number of imidazole rings is 1. The molecule has 0 N–H and O–H groups in total. The smallest absolute Gasteiger partial charge is 0.274 e. The lowest BCUT2D eigenvalue weighted by molar-refractivity contribution is -0.0305. The number of nitrogens with zero attached hydrogens (tertiary/aromatic N) is 3. The molecule has 0 aliphatic carbocycles. The van der Waals surface area contributed by atoms with Gasteiger partial charge < -0.3 is 14.2 Å². The Hall–Kier alpha value is -2.14. The summed E-state index contributed by atoms with van der Waals surface area (Å²) in [6, 6.07) is 10.3. The molecule has 4 heterocycles. The van der Waals surface area contributed by atoms with Crippen LogP contribution in [-0.2, 0) is 17.7 Å². The molecule has 0 spiro atoms. The van der Waals surface area contributed by atoms with Crippen LogP contribution < -0.4 is 0 Å². The van der Waals surface area contributed by atoms with Crippen LogP contribution in [0, 0.1) is 0 Å². The number of fused-ring (bicyclic) bond motifs is 3. The maximum atomic E-state index is 13.3. The highest BCUT2D eigenvalue weighted by atomic mass is 16.5. The van der Waals surface area contributed by atoms with E-state index in [2.05, 4.69) is 16.7 Å². The third-order valence-electron chi connectivity index (χ3n) is 5.93. The maximum Gasteiger partial charge on any atom is 0.274 e. The van der Waals surface area contributed by atoms with Crippen molar-refractivity contribution in [2.45, 2.75) is 57.3 Å². The highest BCUT2D eigenvalue weighted by Gasteiger charge is 2.37. The number of carbonyl (C=O) groups is 1. The molecule has 3 aliphatic rings. The zero-order chi connectivity index (χ0) is 17.5. The Morgan fingerprint density at radius 3 is 2.58 bits per heavy atom. The van der Waals surface area contributed by atoms with Crippen molar-refractivity contribution in [3.8, 4) is 11.4 Å². The van der Waals surface area contributed by atoms with Crippen molar-refractivity contribution in [3.63, 3.8) is 0 Å². The molecule has 5 heteroatoms. The van der Waals surface area contributed by atoms with E-state index in [1.165, 1.54) is 6.42 Å². The highest BCUT2D eigenvalue weighted by Crippen LogP contribution is 2.30. The predicted molar refractivity (Wildman–Crippen MR) is 99.0 cm³/mol. The van der Waals surface area contributed by atoms with Gasteiger partial charge in [0.25, 0.3) is 5.91 Å². The summed E-state index contributed by atoms with van der Waals surface area (Å²) in [4.78, 5) is 20.2. The lowest BCUT2D eigenvalue weighted by Crippen LogP contribution is -2.46. The Kier molecular flexibility index (Phi) is 4.04. The van der Waals surface area contributed by atoms with E-state index in [1.807, 2.05) is 23.1 Å². The van der Waals surface area contributed by atoms with E-state index >= 15 is 0 Å². The van der Waals surface area contributed by atoms with Crippen LogP contribution in [0.3, 0.4) is 0 Å². The number of hydrogen-bond donors (Lipinski definition) is 0. The molecule has 2 saturated heterocycles. The lowest BCUT2D eigenvalue weighted by Gasteiger charge is -2.31. The van der Waals surface area contributed by atoms with Gasteiger partial charge in [0.15, 0.2) is 0 Å². The van der Waals surface area contributed by atoms with Crippen molar-refractivity contribution in [1.29, 1.82) is 0 Å². The van der Waals surface area contributed by atoms with Crippen molar-refractivity contribution in [2.75, 3.05) is 13.1 Å². The summed E-state index contributed by atoms with van der Waals surface area (Å²) in [7, 11) is 0. The van der Waals surface area contributed by atoms with Crippen molar-refractivity contribution in [1.82, 2.24) is 14.5 Å². The average molecular weight is 351 g/mol. The summed E-state index contributed by atoms with van der Waals surface area (Å²) in [5.41, 5.74) is 2.90. The van der Waals surface area contributed by atoms with E-state index in [0.29, 0.717) is 18.8 Å². The van der Waals surface area contributed by atoms with Gasteiger partial charge in [0.2, 0.25) is 0 Å². The van der Waals surface area contributed by atoms with E-state index in [4.69, 9.17) is 9.72 Å². The molecule has 2 aromatic rings. The molecule has 2 unspecified atom stereocenters. The summed E-state index contributed by atoms with van der Waals surface area (Å²) < 4.78 is 8.20. The second-order valence-electron chi connectivity index (χ2n) is 7.73. The van der Waals surface area contributed by atoms with Crippen LogP contribution in [0.4, 0.5) is 0 Å². The monoisotopic (exact) mass is 351 g/mol. The molecule has 0 saturated carbocycles. The zero-order valence-corrected chi connectivity index (χ0v) is 15.1. The fourth-order valence-corrected chi connectivity index (χ4v) is 4.63. The van der Waals surface area contributed by atoms with Crippen molar-refractivity contribution in [2.24, 2.45) is 0 Å². The topological polar surface area (TPSA) is 47.4 Å². The molecule has 1 aromatic heterocycles. The normalized spacial score (nSPS) is 25.0. The van der Waals surface area contributed by atoms with Gasteiger partial charge in [-0.1, -0.05) is 36.8 Å². The minimum atomic E-state index is 0.0954. The van der Waals surface area contributed by atoms with Crippen LogP contribution in [0.1, 0.15) is 48.3 Å². The number of amides is 1. The van der Waals surface area contributed by atoms with Gasteiger partial charge in [0.1, 0.15) is 11.5 Å². The van der Waals surface area contributed by atoms with Gasteiger partial charge in [-0.25, -0.2) is 4.98 Å².